The zero-order chi connectivity index (χ0) is 12.1. The van der Waals surface area contributed by atoms with Gasteiger partial charge in [0.25, 0.3) is 8.25 Å². The summed E-state index contributed by atoms with van der Waals surface area (Å²) in [6.45, 7) is 0. The summed E-state index contributed by atoms with van der Waals surface area (Å²) in [4.78, 5) is 17.0. The second-order valence-electron chi connectivity index (χ2n) is 2.38. The van der Waals surface area contributed by atoms with Crippen LogP contribution in [0.3, 0.4) is 0 Å². The summed E-state index contributed by atoms with van der Waals surface area (Å²) in [5.41, 5.74) is 0. The zero-order valence-electron chi connectivity index (χ0n) is 8.78. The van der Waals surface area contributed by atoms with E-state index in [0.29, 0.717) is 0 Å². The largest absolute Gasteiger partial charge is 2.00 e. The van der Waals surface area contributed by atoms with Gasteiger partial charge in [0.15, 0.2) is 0 Å². The van der Waals surface area contributed by atoms with E-state index in [9.17, 15) is 0 Å². The Kier molecular flexibility index (Phi) is 16.1. The third-order valence-electron chi connectivity index (χ3n) is 1.21. The van der Waals surface area contributed by atoms with E-state index in [-0.39, 0.29) is 16.8 Å². The molecule has 0 bridgehead atoms. The van der Waals surface area contributed by atoms with Crippen molar-refractivity contribution < 1.29 is 31.1 Å². The molecule has 0 spiro atoms. The predicted octanol–water partition coefficient (Wildman–Crippen LogP) is 1.34. The van der Waals surface area contributed by atoms with Crippen molar-refractivity contribution in [1.29, 1.82) is 0 Å². The van der Waals surface area contributed by atoms with Crippen molar-refractivity contribution in [3.05, 3.63) is 72.8 Å². The molecule has 0 unspecified atom stereocenters. The topological polar surface area (TPSA) is 63.2 Å². The molecular formula is C12H10CoO3P-. The molecular weight excluding hydrogens is 282 g/mol. The monoisotopic (exact) mass is 292 g/mol. The molecule has 17 heavy (non-hydrogen) atoms. The molecule has 0 fully saturated rings. The summed E-state index contributed by atoms with van der Waals surface area (Å²) < 4.78 is 8.48. The van der Waals surface area contributed by atoms with Gasteiger partial charge in [0, 0.05) is 0 Å². The van der Waals surface area contributed by atoms with Crippen molar-refractivity contribution in [3.63, 3.8) is 0 Å². The number of hydrogen-bond acceptors (Lipinski definition) is 3. The summed E-state index contributed by atoms with van der Waals surface area (Å²) >= 11 is 0. The Labute approximate surface area is 112 Å². The van der Waals surface area contributed by atoms with Gasteiger partial charge >= 0.3 is 16.8 Å². The first kappa shape index (κ1) is 18.3. The molecule has 91 valence electrons. The van der Waals surface area contributed by atoms with Crippen molar-refractivity contribution >= 4 is 8.25 Å². The second-order valence-corrected chi connectivity index (χ2v) is 2.83. The van der Waals surface area contributed by atoms with Crippen molar-refractivity contribution in [2.45, 2.75) is 0 Å². The van der Waals surface area contributed by atoms with Crippen LogP contribution in [0.1, 0.15) is 0 Å². The third kappa shape index (κ3) is 20.9. The van der Waals surface area contributed by atoms with Crippen molar-refractivity contribution in [3.8, 4) is 0 Å². The minimum atomic E-state index is -3.37. The van der Waals surface area contributed by atoms with Crippen LogP contribution in [-0.4, -0.2) is 0 Å². The molecule has 2 rings (SSSR count). The van der Waals surface area contributed by atoms with Gasteiger partial charge in [-0.15, -0.1) is 0 Å². The third-order valence-corrected chi connectivity index (χ3v) is 1.21. The molecule has 0 aliphatic heterocycles. The SMILES string of the molecule is O=[P+]([O-])[O-].[Co+2].[c-]1ccccc1.[c-]1ccccc1. The summed E-state index contributed by atoms with van der Waals surface area (Å²) in [5.74, 6) is 0. The molecule has 0 aromatic heterocycles. The van der Waals surface area contributed by atoms with Gasteiger partial charge in [0.2, 0.25) is 0 Å². The van der Waals surface area contributed by atoms with Crippen LogP contribution in [0.4, 0.5) is 0 Å². The molecule has 0 amide bonds. The molecule has 5 heteroatoms. The maximum atomic E-state index is 8.48. The van der Waals surface area contributed by atoms with Gasteiger partial charge in [-0.25, -0.2) is 0 Å². The standard InChI is InChI=1S/2C6H5.Co.HO3P/c2*1-2-4-6-5-3-1;;1-4(2)3/h2*1-5H;;(H,1,2,3)/q2*-1;+2;/p-1. The minimum absolute atomic E-state index is 0. The van der Waals surface area contributed by atoms with Crippen LogP contribution in [-0.2, 0) is 21.3 Å². The van der Waals surface area contributed by atoms with E-state index in [4.69, 9.17) is 14.4 Å². The van der Waals surface area contributed by atoms with E-state index in [0.717, 1.165) is 0 Å². The van der Waals surface area contributed by atoms with E-state index < -0.39 is 8.25 Å². The van der Waals surface area contributed by atoms with Crippen LogP contribution in [0, 0.1) is 12.1 Å². The van der Waals surface area contributed by atoms with Crippen molar-refractivity contribution in [2.24, 2.45) is 0 Å². The van der Waals surface area contributed by atoms with Gasteiger partial charge in [-0.3, -0.25) is 0 Å². The van der Waals surface area contributed by atoms with Crippen LogP contribution in [0.2, 0.25) is 0 Å². The second kappa shape index (κ2) is 15.0. The summed E-state index contributed by atoms with van der Waals surface area (Å²) in [7, 11) is -3.37. The molecule has 0 N–H and O–H groups in total. The number of benzene rings is 2. The number of hydrogen-bond donors (Lipinski definition) is 0. The Morgan fingerprint density at radius 1 is 0.706 bits per heavy atom. The average Bonchev–Trinajstić information content (AvgIpc) is 2.34. The van der Waals surface area contributed by atoms with E-state index in [2.05, 4.69) is 12.1 Å². The molecule has 0 saturated carbocycles. The summed E-state index contributed by atoms with van der Waals surface area (Å²) in [6.07, 6.45) is 0. The van der Waals surface area contributed by atoms with Crippen LogP contribution < -0.4 is 9.79 Å². The summed E-state index contributed by atoms with van der Waals surface area (Å²) in [5, 5.41) is 0. The average molecular weight is 292 g/mol. The molecule has 0 atom stereocenters. The van der Waals surface area contributed by atoms with Gasteiger partial charge in [0.05, 0.1) is 0 Å². The van der Waals surface area contributed by atoms with Crippen molar-refractivity contribution in [1.82, 2.24) is 0 Å². The molecule has 3 nitrogen and oxygen atoms in total. The Morgan fingerprint density at radius 3 is 1.00 bits per heavy atom. The smallest absolute Gasteiger partial charge is 0.598 e. The van der Waals surface area contributed by atoms with E-state index in [1.165, 1.54) is 0 Å². The van der Waals surface area contributed by atoms with Gasteiger partial charge in [-0.05, 0) is 0 Å². The first-order valence-corrected chi connectivity index (χ1v) is 5.46. The first-order valence-electron chi connectivity index (χ1n) is 4.37. The fraction of sp³-hybridized carbons (Fsp3) is 0. The van der Waals surface area contributed by atoms with Gasteiger partial charge in [-0.1, -0.05) is 4.57 Å². The summed E-state index contributed by atoms with van der Waals surface area (Å²) in [6, 6.07) is 25.0. The van der Waals surface area contributed by atoms with E-state index >= 15 is 0 Å². The van der Waals surface area contributed by atoms with Crippen molar-refractivity contribution in [2.75, 3.05) is 0 Å². The van der Waals surface area contributed by atoms with Crippen LogP contribution in [0.5, 0.6) is 0 Å². The number of rotatable bonds is 0. The normalized spacial score (nSPS) is 7.18. The Morgan fingerprint density at radius 2 is 0.941 bits per heavy atom. The fourth-order valence-corrected chi connectivity index (χ4v) is 0.684. The van der Waals surface area contributed by atoms with Crippen LogP contribution >= 0.6 is 8.25 Å². The Balaban J connectivity index is 0. The minimum Gasteiger partial charge on any atom is -0.598 e. The first-order chi connectivity index (χ1) is 7.73. The maximum absolute atomic E-state index is 8.48. The molecule has 0 aliphatic carbocycles. The van der Waals surface area contributed by atoms with Crippen LogP contribution in [0.25, 0.3) is 0 Å². The Hall–Kier alpha value is -1.03. The van der Waals surface area contributed by atoms with Gasteiger partial charge in [0.1, 0.15) is 0 Å². The van der Waals surface area contributed by atoms with Gasteiger partial charge < -0.3 is 9.79 Å². The Bertz CT molecular complexity index is 268. The molecule has 0 aliphatic rings. The zero-order valence-corrected chi connectivity index (χ0v) is 10.7. The van der Waals surface area contributed by atoms with E-state index in [1.807, 2.05) is 60.7 Å². The molecule has 2 aromatic rings. The molecule has 2 aromatic carbocycles. The van der Waals surface area contributed by atoms with E-state index in [1.54, 1.807) is 0 Å². The van der Waals surface area contributed by atoms with Crippen LogP contribution in [0.15, 0.2) is 60.7 Å². The fourth-order valence-electron chi connectivity index (χ4n) is 0.684. The van der Waals surface area contributed by atoms with Gasteiger partial charge in [-0.2, -0.15) is 72.8 Å². The molecule has 0 saturated heterocycles. The quantitative estimate of drug-likeness (QED) is 0.543. The molecule has 1 radical (unpaired) electrons. The predicted molar refractivity (Wildman–Crippen MR) is 58.2 cm³/mol. The maximum Gasteiger partial charge on any atom is 2.00 e. The molecule has 0 heterocycles.